The Balaban J connectivity index is 1.82. The molecule has 2 rings (SSSR count). The summed E-state index contributed by atoms with van der Waals surface area (Å²) in [4.78, 5) is 41.4. The summed E-state index contributed by atoms with van der Waals surface area (Å²) in [5.41, 5.74) is 0.463. The number of aliphatic carboxylic acids is 1. The molecule has 1 amide bonds. The molecule has 1 aromatic heterocycles. The zero-order chi connectivity index (χ0) is 17.5. The largest absolute Gasteiger partial charge is 0.481 e. The Hall–Kier alpha value is -2.70. The van der Waals surface area contributed by atoms with Crippen LogP contribution < -0.4 is 10.9 Å². The van der Waals surface area contributed by atoms with Gasteiger partial charge in [-0.15, -0.1) is 0 Å². The molecule has 0 aliphatic rings. The lowest BCUT2D eigenvalue weighted by Crippen LogP contribution is -2.32. The molecule has 0 saturated carbocycles. The van der Waals surface area contributed by atoms with Gasteiger partial charge in [0.25, 0.3) is 5.56 Å². The number of carboxylic acid groups (broad SMARTS) is 1. The van der Waals surface area contributed by atoms with Gasteiger partial charge in [0.15, 0.2) is 0 Å². The molecular formula is C17H21N3O4. The number of carboxylic acids is 1. The first-order valence-electron chi connectivity index (χ1n) is 7.95. The number of carbonyl (C=O) groups is 2. The first-order chi connectivity index (χ1) is 11.5. The molecule has 0 aliphatic carbocycles. The third kappa shape index (κ3) is 5.19. The summed E-state index contributed by atoms with van der Waals surface area (Å²) in [5.74, 6) is -0.441. The van der Waals surface area contributed by atoms with Gasteiger partial charge in [-0.05, 0) is 31.9 Å². The molecule has 1 aromatic carbocycles. The topological polar surface area (TPSA) is 112 Å². The van der Waals surface area contributed by atoms with E-state index in [1.54, 1.807) is 25.1 Å². The number of aryl methyl sites for hydroxylation is 1. The van der Waals surface area contributed by atoms with Crippen LogP contribution in [0.4, 0.5) is 0 Å². The van der Waals surface area contributed by atoms with Crippen molar-refractivity contribution >= 4 is 22.8 Å². The Labute approximate surface area is 139 Å². The maximum atomic E-state index is 11.9. The summed E-state index contributed by atoms with van der Waals surface area (Å²) >= 11 is 0. The molecule has 24 heavy (non-hydrogen) atoms. The highest BCUT2D eigenvalue weighted by molar-refractivity contribution is 5.77. The average Bonchev–Trinajstić information content (AvgIpc) is 2.53. The zero-order valence-electron chi connectivity index (χ0n) is 13.5. The van der Waals surface area contributed by atoms with Crippen LogP contribution in [0.3, 0.4) is 0 Å². The number of aromatic nitrogens is 2. The number of para-hydroxylation sites is 1. The first-order valence-corrected chi connectivity index (χ1v) is 7.95. The highest BCUT2D eigenvalue weighted by Gasteiger charge is 2.10. The minimum Gasteiger partial charge on any atom is -0.481 e. The van der Waals surface area contributed by atoms with Crippen LogP contribution >= 0.6 is 0 Å². The molecule has 0 radical (unpaired) electrons. The van der Waals surface area contributed by atoms with Crippen LogP contribution in [0, 0.1) is 0 Å². The van der Waals surface area contributed by atoms with Crippen molar-refractivity contribution in [3.63, 3.8) is 0 Å². The molecule has 3 N–H and O–H groups in total. The van der Waals surface area contributed by atoms with Crippen LogP contribution in [0.2, 0.25) is 0 Å². The van der Waals surface area contributed by atoms with E-state index in [4.69, 9.17) is 5.11 Å². The highest BCUT2D eigenvalue weighted by atomic mass is 16.4. The van der Waals surface area contributed by atoms with Crippen LogP contribution in [0.25, 0.3) is 10.9 Å². The first kappa shape index (κ1) is 17.7. The summed E-state index contributed by atoms with van der Waals surface area (Å²) < 4.78 is 0. The lowest BCUT2D eigenvalue weighted by molar-refractivity contribution is -0.137. The molecule has 128 valence electrons. The van der Waals surface area contributed by atoms with E-state index in [2.05, 4.69) is 15.3 Å². The summed E-state index contributed by atoms with van der Waals surface area (Å²) in [6.45, 7) is 1.78. The number of rotatable bonds is 8. The fraction of sp³-hybridized carbons (Fsp3) is 0.412. The number of nitrogens with one attached hydrogen (secondary N) is 2. The fourth-order valence-corrected chi connectivity index (χ4v) is 2.43. The van der Waals surface area contributed by atoms with Crippen LogP contribution in [0.5, 0.6) is 0 Å². The average molecular weight is 331 g/mol. The van der Waals surface area contributed by atoms with Gasteiger partial charge in [-0.3, -0.25) is 14.4 Å². The number of benzene rings is 1. The smallest absolute Gasteiger partial charge is 0.303 e. The fourth-order valence-electron chi connectivity index (χ4n) is 2.43. The number of carbonyl (C=O) groups excluding carboxylic acids is 1. The number of hydrogen-bond donors (Lipinski definition) is 3. The Kier molecular flexibility index (Phi) is 6.06. The van der Waals surface area contributed by atoms with E-state index in [0.717, 1.165) is 0 Å². The maximum Gasteiger partial charge on any atom is 0.303 e. The molecular weight excluding hydrogens is 310 g/mol. The van der Waals surface area contributed by atoms with Crippen LogP contribution in [-0.4, -0.2) is 33.0 Å². The van der Waals surface area contributed by atoms with E-state index < -0.39 is 5.97 Å². The summed E-state index contributed by atoms with van der Waals surface area (Å²) in [6.07, 6.45) is 1.79. The normalized spacial score (nSPS) is 12.0. The maximum absolute atomic E-state index is 11.9. The van der Waals surface area contributed by atoms with Crippen molar-refractivity contribution in [2.45, 2.75) is 45.1 Å². The quantitative estimate of drug-likeness (QED) is 0.680. The Morgan fingerprint density at radius 3 is 2.79 bits per heavy atom. The third-order valence-corrected chi connectivity index (χ3v) is 3.68. The van der Waals surface area contributed by atoms with E-state index in [0.29, 0.717) is 42.4 Å². The number of aromatic amines is 1. The van der Waals surface area contributed by atoms with Crippen molar-refractivity contribution in [3.05, 3.63) is 40.4 Å². The molecule has 0 fully saturated rings. The zero-order valence-corrected chi connectivity index (χ0v) is 13.5. The molecule has 1 unspecified atom stereocenters. The number of nitrogens with zero attached hydrogens (tertiary/aromatic N) is 1. The molecule has 2 aromatic rings. The molecule has 1 heterocycles. The van der Waals surface area contributed by atoms with E-state index in [-0.39, 0.29) is 23.9 Å². The predicted octanol–water partition coefficient (Wildman–Crippen LogP) is 1.62. The minimum atomic E-state index is -0.873. The molecule has 7 heteroatoms. The molecule has 0 spiro atoms. The molecule has 0 bridgehead atoms. The summed E-state index contributed by atoms with van der Waals surface area (Å²) in [6, 6.07) is 6.94. The summed E-state index contributed by atoms with van der Waals surface area (Å²) in [5, 5.41) is 11.9. The van der Waals surface area contributed by atoms with Crippen molar-refractivity contribution in [3.8, 4) is 0 Å². The van der Waals surface area contributed by atoms with E-state index in [9.17, 15) is 14.4 Å². The number of H-pyrrole nitrogens is 1. The third-order valence-electron chi connectivity index (χ3n) is 3.68. The van der Waals surface area contributed by atoms with Gasteiger partial charge in [-0.1, -0.05) is 12.1 Å². The van der Waals surface area contributed by atoms with Gasteiger partial charge in [0.05, 0.1) is 10.9 Å². The second-order valence-corrected chi connectivity index (χ2v) is 5.78. The monoisotopic (exact) mass is 331 g/mol. The predicted molar refractivity (Wildman–Crippen MR) is 89.8 cm³/mol. The minimum absolute atomic E-state index is 0.0314. The number of amides is 1. The molecule has 0 saturated heterocycles. The lowest BCUT2D eigenvalue weighted by atomic mass is 10.1. The van der Waals surface area contributed by atoms with E-state index in [1.165, 1.54) is 0 Å². The molecule has 7 nitrogen and oxygen atoms in total. The van der Waals surface area contributed by atoms with Crippen molar-refractivity contribution in [1.29, 1.82) is 0 Å². The van der Waals surface area contributed by atoms with Gasteiger partial charge < -0.3 is 15.4 Å². The van der Waals surface area contributed by atoms with Crippen molar-refractivity contribution in [2.24, 2.45) is 0 Å². The van der Waals surface area contributed by atoms with E-state index in [1.807, 2.05) is 6.07 Å². The second kappa shape index (κ2) is 8.24. The van der Waals surface area contributed by atoms with Gasteiger partial charge in [-0.2, -0.15) is 0 Å². The van der Waals surface area contributed by atoms with Crippen molar-refractivity contribution in [1.82, 2.24) is 15.3 Å². The van der Waals surface area contributed by atoms with E-state index >= 15 is 0 Å². The number of fused-ring (bicyclic) bond motifs is 1. The van der Waals surface area contributed by atoms with Gasteiger partial charge in [0.1, 0.15) is 5.82 Å². The van der Waals surface area contributed by atoms with Gasteiger partial charge in [-0.25, -0.2) is 4.98 Å². The lowest BCUT2D eigenvalue weighted by Gasteiger charge is -2.12. The van der Waals surface area contributed by atoms with Crippen molar-refractivity contribution in [2.75, 3.05) is 0 Å². The standard InChI is InChI=1S/C17H21N3O4/c1-11(9-10-16(22)23)18-15(21)8-4-7-14-19-13-6-3-2-5-12(13)17(24)20-14/h2-3,5-6,11H,4,7-10H2,1H3,(H,18,21)(H,22,23)(H,19,20,24). The van der Waals surface area contributed by atoms with Gasteiger partial charge >= 0.3 is 5.97 Å². The second-order valence-electron chi connectivity index (χ2n) is 5.78. The van der Waals surface area contributed by atoms with Crippen LogP contribution in [-0.2, 0) is 16.0 Å². The van der Waals surface area contributed by atoms with Gasteiger partial charge in [0.2, 0.25) is 5.91 Å². The SMILES string of the molecule is CC(CCC(=O)O)NC(=O)CCCc1nc2ccccc2c(=O)[nH]1. The number of hydrogen-bond acceptors (Lipinski definition) is 4. The van der Waals surface area contributed by atoms with Gasteiger partial charge in [0, 0.05) is 25.3 Å². The van der Waals surface area contributed by atoms with Crippen LogP contribution in [0.1, 0.15) is 38.4 Å². The van der Waals surface area contributed by atoms with Crippen LogP contribution in [0.15, 0.2) is 29.1 Å². The Morgan fingerprint density at radius 2 is 2.04 bits per heavy atom. The molecule has 1 atom stereocenters. The van der Waals surface area contributed by atoms with Crippen molar-refractivity contribution < 1.29 is 14.7 Å². The Bertz CT molecular complexity index is 785. The molecule has 0 aliphatic heterocycles. The summed E-state index contributed by atoms with van der Waals surface area (Å²) in [7, 11) is 0. The highest BCUT2D eigenvalue weighted by Crippen LogP contribution is 2.07. The Morgan fingerprint density at radius 1 is 1.29 bits per heavy atom.